The Morgan fingerprint density at radius 1 is 0.836 bits per heavy atom. The van der Waals surface area contributed by atoms with Crippen molar-refractivity contribution in [3.8, 4) is 17.0 Å². The van der Waals surface area contributed by atoms with Gasteiger partial charge in [0, 0.05) is 56.6 Å². The van der Waals surface area contributed by atoms with E-state index in [-0.39, 0.29) is 29.5 Å². The number of methoxy groups -OCH3 is 1. The van der Waals surface area contributed by atoms with Crippen LogP contribution in [0.25, 0.3) is 22.4 Å². The lowest BCUT2D eigenvalue weighted by Gasteiger charge is -2.44. The van der Waals surface area contributed by atoms with Crippen LogP contribution in [-0.2, 0) is 28.2 Å². The fourth-order valence-electron chi connectivity index (χ4n) is 10.2. The predicted molar refractivity (Wildman–Crippen MR) is 270 cm³/mol. The van der Waals surface area contributed by atoms with Crippen molar-refractivity contribution in [1.29, 1.82) is 0 Å². The molecule has 0 saturated carbocycles. The van der Waals surface area contributed by atoms with Gasteiger partial charge in [-0.15, -0.1) is 0 Å². The summed E-state index contributed by atoms with van der Waals surface area (Å²) in [5.74, 6) is -3.67. The van der Waals surface area contributed by atoms with E-state index >= 15 is 8.78 Å². The summed E-state index contributed by atoms with van der Waals surface area (Å²) in [6, 6.07) is 24.6. The van der Waals surface area contributed by atoms with Crippen molar-refractivity contribution in [3.63, 3.8) is 0 Å². The highest BCUT2D eigenvalue weighted by molar-refractivity contribution is 6.25. The quantitative estimate of drug-likeness (QED) is 0.0462. The van der Waals surface area contributed by atoms with Crippen LogP contribution in [0, 0.1) is 11.6 Å². The van der Waals surface area contributed by atoms with E-state index in [4.69, 9.17) is 19.7 Å². The molecule has 4 amide bonds. The van der Waals surface area contributed by atoms with Crippen LogP contribution in [-0.4, -0.2) is 97.3 Å². The van der Waals surface area contributed by atoms with Gasteiger partial charge in [0.2, 0.25) is 11.8 Å². The van der Waals surface area contributed by atoms with Gasteiger partial charge in [-0.3, -0.25) is 39.4 Å². The average molecular weight is 989 g/mol. The molecule has 4 aromatic heterocycles. The van der Waals surface area contributed by atoms with Gasteiger partial charge < -0.3 is 30.2 Å². The molecule has 2 saturated heterocycles. The van der Waals surface area contributed by atoms with Crippen molar-refractivity contribution in [2.75, 3.05) is 48.8 Å². The number of pyridine rings is 2. The van der Waals surface area contributed by atoms with E-state index in [1.807, 2.05) is 47.2 Å². The summed E-state index contributed by atoms with van der Waals surface area (Å²) in [5, 5.41) is 12.9. The third kappa shape index (κ3) is 10.0. The fraction of sp³-hybridized carbons (Fsp3) is 0.315. The first-order valence-electron chi connectivity index (χ1n) is 24.6. The molecule has 1 unspecified atom stereocenters. The summed E-state index contributed by atoms with van der Waals surface area (Å²) in [4.78, 5) is 77.8. The van der Waals surface area contributed by atoms with Crippen LogP contribution in [0.3, 0.4) is 0 Å². The van der Waals surface area contributed by atoms with Crippen LogP contribution < -0.4 is 30.9 Å². The number of anilines is 3. The van der Waals surface area contributed by atoms with Gasteiger partial charge >= 0.3 is 0 Å². The molecule has 0 radical (unpaired) electrons. The Balaban J connectivity index is 0.813. The zero-order chi connectivity index (χ0) is 50.5. The molecule has 2 atom stereocenters. The summed E-state index contributed by atoms with van der Waals surface area (Å²) >= 11 is 0. The molecule has 2 fully saturated rings. The van der Waals surface area contributed by atoms with Crippen molar-refractivity contribution in [2.45, 2.75) is 76.0 Å². The number of ether oxygens (including phenoxy) is 1. The molecule has 0 bridgehead atoms. The van der Waals surface area contributed by atoms with Crippen LogP contribution in [0.1, 0.15) is 88.9 Å². The van der Waals surface area contributed by atoms with Gasteiger partial charge in [-0.2, -0.15) is 0 Å². The number of carbonyl (C=O) groups is 4. The molecular formula is C54H54F2N12O5. The van der Waals surface area contributed by atoms with E-state index in [0.717, 1.165) is 72.5 Å². The maximum atomic E-state index is 15.1. The van der Waals surface area contributed by atoms with Gasteiger partial charge in [-0.05, 0) is 85.7 Å². The predicted octanol–water partition coefficient (Wildman–Crippen LogP) is 7.39. The second kappa shape index (κ2) is 21.3. The van der Waals surface area contributed by atoms with Crippen molar-refractivity contribution in [1.82, 2.24) is 45.0 Å². The van der Waals surface area contributed by atoms with Crippen molar-refractivity contribution in [3.05, 3.63) is 150 Å². The largest absolute Gasteiger partial charge is 0.491 e. The van der Waals surface area contributed by atoms with Crippen molar-refractivity contribution >= 4 is 52.0 Å². The molecular weight excluding hydrogens is 935 g/mol. The molecule has 7 heterocycles. The molecule has 4 N–H and O–H groups in total. The number of halogens is 2. The number of unbranched alkanes of at least 4 members (excludes halogenated alkanes) is 3. The second-order valence-corrected chi connectivity index (χ2v) is 18.5. The highest BCUT2D eigenvalue weighted by Crippen LogP contribution is 2.38. The highest BCUT2D eigenvalue weighted by Gasteiger charge is 2.46. The first kappa shape index (κ1) is 48.4. The standard InChI is InChI=1S/C54H54F2N12O5/c1-73-48-38(55)25-35(26-39(48)56)41-27-36(43(29-60-41)66-24-12-20-54(31-66,44-17-7-10-22-58-44)64-28-34-13-5-4-6-14-34)30-67-33-63-47-49(61-32-62-50(47)67)59-23-9-3-2-8-21-57-40-16-11-15-37-46(40)53(72)68(52(37)71)42-18-19-45(69)65-51(42)70/h4-7,10-11,13-17,22,25-27,29,32-33,42,57,64H,2-3,8-9,12,18-21,23-24,28,30-31H2,1H3,(H,59,61,62)(H,65,69,70)/t42?,54-/m0/s1. The molecule has 73 heavy (non-hydrogen) atoms. The molecule has 17 nitrogen and oxygen atoms in total. The van der Waals surface area contributed by atoms with Crippen LogP contribution in [0.15, 0.2) is 110 Å². The Morgan fingerprint density at radius 2 is 1.63 bits per heavy atom. The van der Waals surface area contributed by atoms with Crippen LogP contribution >= 0.6 is 0 Å². The third-order valence-corrected chi connectivity index (χ3v) is 13.8. The lowest BCUT2D eigenvalue weighted by Crippen LogP contribution is -2.55. The molecule has 0 aliphatic carbocycles. The first-order chi connectivity index (χ1) is 35.6. The Morgan fingerprint density at radius 3 is 2.40 bits per heavy atom. The Labute approximate surface area is 419 Å². The Hall–Kier alpha value is -8.19. The molecule has 3 aliphatic rings. The minimum atomic E-state index is -1.02. The van der Waals surface area contributed by atoms with E-state index in [2.05, 4.69) is 54.3 Å². The average Bonchev–Trinajstić information content (AvgIpc) is 3.93. The number of hydrogen-bond donors (Lipinski definition) is 4. The second-order valence-electron chi connectivity index (χ2n) is 18.5. The van der Waals surface area contributed by atoms with E-state index in [9.17, 15) is 19.2 Å². The van der Waals surface area contributed by atoms with Crippen LogP contribution in [0.2, 0.25) is 0 Å². The summed E-state index contributed by atoms with van der Waals surface area (Å²) < 4.78 is 37.1. The number of aromatic nitrogens is 6. The Bertz CT molecular complexity index is 3170. The van der Waals surface area contributed by atoms with Gasteiger partial charge in [0.05, 0.1) is 59.9 Å². The summed E-state index contributed by atoms with van der Waals surface area (Å²) in [7, 11) is 1.23. The zero-order valence-electron chi connectivity index (χ0n) is 40.2. The van der Waals surface area contributed by atoms with Gasteiger partial charge in [0.1, 0.15) is 17.9 Å². The van der Waals surface area contributed by atoms with Crippen LogP contribution in [0.4, 0.5) is 26.0 Å². The zero-order valence-corrected chi connectivity index (χ0v) is 40.2. The smallest absolute Gasteiger partial charge is 0.264 e. The lowest BCUT2D eigenvalue weighted by molar-refractivity contribution is -0.136. The lowest BCUT2D eigenvalue weighted by atomic mass is 9.84. The monoisotopic (exact) mass is 988 g/mol. The minimum absolute atomic E-state index is 0.0564. The number of amides is 4. The van der Waals surface area contributed by atoms with Crippen molar-refractivity contribution < 1.29 is 32.7 Å². The first-order valence-corrected chi connectivity index (χ1v) is 24.6. The number of imide groups is 2. The highest BCUT2D eigenvalue weighted by atomic mass is 19.1. The normalized spacial score (nSPS) is 17.8. The topological polar surface area (TPSA) is 201 Å². The molecule has 10 rings (SSSR count). The van der Waals surface area contributed by atoms with Gasteiger partial charge in [-0.1, -0.05) is 55.3 Å². The SMILES string of the molecule is COc1c(F)cc(-c2cc(Cn3cnc4c(NCCCCCCNc5cccc6c5C(=O)N(C5CCC(=O)NC5=O)C6=O)ncnc43)c(N3CCC[C@@](NCc4ccccc4)(c4ccccn4)C3)cn2)cc1F. The maximum Gasteiger partial charge on any atom is 0.264 e. The van der Waals surface area contributed by atoms with Crippen LogP contribution in [0.5, 0.6) is 5.75 Å². The number of rotatable bonds is 19. The Kier molecular flexibility index (Phi) is 14.1. The minimum Gasteiger partial charge on any atom is -0.491 e. The van der Waals surface area contributed by atoms with Crippen molar-refractivity contribution in [2.24, 2.45) is 0 Å². The molecule has 3 aliphatic heterocycles. The number of benzene rings is 3. The number of carbonyl (C=O) groups excluding carboxylic acids is 4. The number of imidazole rings is 1. The van der Waals surface area contributed by atoms with E-state index in [1.165, 1.54) is 25.6 Å². The molecule has 7 aromatic rings. The van der Waals surface area contributed by atoms with E-state index in [0.29, 0.717) is 61.1 Å². The molecule has 19 heteroatoms. The van der Waals surface area contributed by atoms with E-state index < -0.39 is 52.6 Å². The summed E-state index contributed by atoms with van der Waals surface area (Å²) in [6.07, 6.45) is 12.1. The fourth-order valence-corrected chi connectivity index (χ4v) is 10.2. The number of hydrogen-bond acceptors (Lipinski definition) is 14. The third-order valence-electron chi connectivity index (χ3n) is 13.8. The number of nitrogens with zero attached hydrogens (tertiary/aromatic N) is 8. The van der Waals surface area contributed by atoms with E-state index in [1.54, 1.807) is 30.7 Å². The number of nitrogens with one attached hydrogen (secondary N) is 4. The van der Waals surface area contributed by atoms with Gasteiger partial charge in [0.15, 0.2) is 28.8 Å². The van der Waals surface area contributed by atoms with Gasteiger partial charge in [0.25, 0.3) is 11.8 Å². The molecule has 3 aromatic carbocycles. The summed E-state index contributed by atoms with van der Waals surface area (Å²) in [6.45, 7) is 3.47. The van der Waals surface area contributed by atoms with Gasteiger partial charge in [-0.25, -0.2) is 23.7 Å². The molecule has 0 spiro atoms. The molecule has 374 valence electrons. The number of piperidine rings is 2. The summed E-state index contributed by atoms with van der Waals surface area (Å²) in [5.41, 5.74) is 6.16. The maximum absolute atomic E-state index is 15.1. The number of fused-ring (bicyclic) bond motifs is 2.